The lowest BCUT2D eigenvalue weighted by Crippen LogP contribution is -2.59. The van der Waals surface area contributed by atoms with E-state index in [-0.39, 0.29) is 5.92 Å². The number of nitrogens with one attached hydrogen (secondary N) is 1. The van der Waals surface area contributed by atoms with E-state index in [1.165, 1.54) is 0 Å². The molecule has 0 bridgehead atoms. The third kappa shape index (κ3) is 5.16. The molecule has 6 heteroatoms. The fourth-order valence-electron chi connectivity index (χ4n) is 3.16. The number of aliphatic carboxylic acids is 1. The molecule has 1 rings (SSSR count). The van der Waals surface area contributed by atoms with Gasteiger partial charge in [-0.2, -0.15) is 0 Å². The van der Waals surface area contributed by atoms with Gasteiger partial charge in [-0.3, -0.25) is 0 Å². The predicted molar refractivity (Wildman–Crippen MR) is 84.6 cm³/mol. The fourth-order valence-corrected chi connectivity index (χ4v) is 3.16. The maximum Gasteiger partial charge on any atom is 0.408 e. The van der Waals surface area contributed by atoms with E-state index in [1.54, 1.807) is 20.8 Å². The van der Waals surface area contributed by atoms with E-state index < -0.39 is 23.2 Å². The summed E-state index contributed by atoms with van der Waals surface area (Å²) in [4.78, 5) is 24.1. The SMILES string of the molecule is CC(C)(C)OC(=O)N[C@@](CCCCN)(C(=O)O)C1CCCC1. The molecule has 0 aliphatic heterocycles. The van der Waals surface area contributed by atoms with E-state index in [4.69, 9.17) is 10.5 Å². The third-order valence-electron chi connectivity index (χ3n) is 4.18. The number of rotatable bonds is 7. The van der Waals surface area contributed by atoms with Crippen LogP contribution in [0.3, 0.4) is 0 Å². The highest BCUT2D eigenvalue weighted by molar-refractivity contribution is 5.85. The van der Waals surface area contributed by atoms with Crippen molar-refractivity contribution in [2.45, 2.75) is 76.9 Å². The van der Waals surface area contributed by atoms with Gasteiger partial charge in [-0.25, -0.2) is 9.59 Å². The molecule has 1 saturated carbocycles. The Morgan fingerprint density at radius 2 is 1.82 bits per heavy atom. The number of carbonyl (C=O) groups excluding carboxylic acids is 1. The zero-order valence-corrected chi connectivity index (χ0v) is 14.0. The Labute approximate surface area is 132 Å². The molecule has 6 nitrogen and oxygen atoms in total. The quantitative estimate of drug-likeness (QED) is 0.627. The maximum absolute atomic E-state index is 12.1. The van der Waals surface area contributed by atoms with Gasteiger partial charge in [0, 0.05) is 0 Å². The standard InChI is InChI=1S/C16H30N2O4/c1-15(2,3)22-14(21)18-16(13(19)20,10-6-7-11-17)12-8-4-5-9-12/h12H,4-11,17H2,1-3H3,(H,18,21)(H,19,20)/t16-/m1/s1. The molecule has 0 aromatic carbocycles. The van der Waals surface area contributed by atoms with Crippen LogP contribution < -0.4 is 11.1 Å². The monoisotopic (exact) mass is 314 g/mol. The lowest BCUT2D eigenvalue weighted by molar-refractivity contribution is -0.148. The number of hydrogen-bond acceptors (Lipinski definition) is 4. The van der Waals surface area contributed by atoms with Crippen LogP contribution in [0.5, 0.6) is 0 Å². The normalized spacial score (nSPS) is 18.7. The smallest absolute Gasteiger partial charge is 0.408 e. The first-order valence-electron chi connectivity index (χ1n) is 8.16. The van der Waals surface area contributed by atoms with Gasteiger partial charge >= 0.3 is 12.1 Å². The highest BCUT2D eigenvalue weighted by Crippen LogP contribution is 2.37. The minimum Gasteiger partial charge on any atom is -0.479 e. The molecule has 0 unspecified atom stereocenters. The number of carboxylic acids is 1. The molecule has 1 aliphatic rings. The van der Waals surface area contributed by atoms with Crippen molar-refractivity contribution in [1.29, 1.82) is 0 Å². The Morgan fingerprint density at radius 3 is 2.27 bits per heavy atom. The van der Waals surface area contributed by atoms with E-state index in [9.17, 15) is 14.7 Å². The number of carbonyl (C=O) groups is 2. The van der Waals surface area contributed by atoms with Gasteiger partial charge in [-0.1, -0.05) is 12.8 Å². The topological polar surface area (TPSA) is 102 Å². The van der Waals surface area contributed by atoms with Crippen LogP contribution in [-0.2, 0) is 9.53 Å². The largest absolute Gasteiger partial charge is 0.479 e. The molecule has 1 atom stereocenters. The second-order valence-electron chi connectivity index (χ2n) is 7.13. The molecule has 128 valence electrons. The third-order valence-corrected chi connectivity index (χ3v) is 4.18. The van der Waals surface area contributed by atoms with Crippen molar-refractivity contribution < 1.29 is 19.4 Å². The molecular weight excluding hydrogens is 284 g/mol. The summed E-state index contributed by atoms with van der Waals surface area (Å²) in [6, 6.07) is 0. The molecule has 1 aliphatic carbocycles. The highest BCUT2D eigenvalue weighted by atomic mass is 16.6. The number of unbranched alkanes of at least 4 members (excludes halogenated alkanes) is 1. The van der Waals surface area contributed by atoms with Crippen molar-refractivity contribution in [3.63, 3.8) is 0 Å². The van der Waals surface area contributed by atoms with E-state index >= 15 is 0 Å². The number of hydrogen-bond donors (Lipinski definition) is 3. The number of nitrogens with two attached hydrogens (primary N) is 1. The summed E-state index contributed by atoms with van der Waals surface area (Å²) in [7, 11) is 0. The average Bonchev–Trinajstić information content (AvgIpc) is 2.89. The predicted octanol–water partition coefficient (Wildman–Crippen LogP) is 2.65. The summed E-state index contributed by atoms with van der Waals surface area (Å²) < 4.78 is 5.27. The molecule has 0 radical (unpaired) electrons. The summed E-state index contributed by atoms with van der Waals surface area (Å²) in [5.74, 6) is -1.02. The van der Waals surface area contributed by atoms with Crippen molar-refractivity contribution in [2.75, 3.05) is 6.54 Å². The minimum atomic E-state index is -1.24. The molecule has 0 spiro atoms. The first-order valence-corrected chi connectivity index (χ1v) is 8.16. The molecule has 0 aromatic rings. The van der Waals surface area contributed by atoms with E-state index in [0.29, 0.717) is 19.4 Å². The Hall–Kier alpha value is -1.30. The maximum atomic E-state index is 12.1. The van der Waals surface area contributed by atoms with Crippen molar-refractivity contribution in [3.05, 3.63) is 0 Å². The van der Waals surface area contributed by atoms with Gasteiger partial charge in [-0.15, -0.1) is 0 Å². The van der Waals surface area contributed by atoms with Gasteiger partial charge in [0.2, 0.25) is 0 Å². The lowest BCUT2D eigenvalue weighted by atomic mass is 9.78. The van der Waals surface area contributed by atoms with E-state index in [2.05, 4.69) is 5.32 Å². The summed E-state index contributed by atoms with van der Waals surface area (Å²) in [6.07, 6.45) is 4.82. The molecule has 4 N–H and O–H groups in total. The molecule has 0 saturated heterocycles. The Bertz CT molecular complexity index is 386. The number of alkyl carbamates (subject to hydrolysis) is 1. The summed E-state index contributed by atoms with van der Waals surface area (Å²) >= 11 is 0. The summed E-state index contributed by atoms with van der Waals surface area (Å²) in [5, 5.41) is 12.5. The van der Waals surface area contributed by atoms with E-state index in [0.717, 1.165) is 32.1 Å². The second-order valence-corrected chi connectivity index (χ2v) is 7.13. The van der Waals surface area contributed by atoms with Crippen LogP contribution in [0.4, 0.5) is 4.79 Å². The fraction of sp³-hybridized carbons (Fsp3) is 0.875. The lowest BCUT2D eigenvalue weighted by Gasteiger charge is -2.36. The van der Waals surface area contributed by atoms with Crippen LogP contribution in [-0.4, -0.2) is 34.9 Å². The Morgan fingerprint density at radius 1 is 1.23 bits per heavy atom. The molecule has 0 aromatic heterocycles. The average molecular weight is 314 g/mol. The van der Waals surface area contributed by atoms with Gasteiger partial charge in [-0.05, 0) is 65.3 Å². The zero-order valence-electron chi connectivity index (χ0n) is 14.0. The van der Waals surface area contributed by atoms with Crippen LogP contribution in [0.2, 0.25) is 0 Å². The van der Waals surface area contributed by atoms with Crippen LogP contribution >= 0.6 is 0 Å². The molecule has 22 heavy (non-hydrogen) atoms. The number of ether oxygens (including phenoxy) is 1. The highest BCUT2D eigenvalue weighted by Gasteiger charge is 2.48. The van der Waals surface area contributed by atoms with Crippen molar-refractivity contribution in [3.8, 4) is 0 Å². The number of carboxylic acid groups (broad SMARTS) is 1. The molecule has 1 amide bonds. The Kier molecular flexibility index (Phi) is 6.66. The van der Waals surface area contributed by atoms with Crippen molar-refractivity contribution >= 4 is 12.1 Å². The summed E-state index contributed by atoms with van der Waals surface area (Å²) in [5.41, 5.74) is 3.62. The van der Waals surface area contributed by atoms with Gasteiger partial charge < -0.3 is 20.9 Å². The van der Waals surface area contributed by atoms with Gasteiger partial charge in [0.25, 0.3) is 0 Å². The first kappa shape index (κ1) is 18.7. The van der Waals surface area contributed by atoms with Crippen molar-refractivity contribution in [2.24, 2.45) is 11.7 Å². The van der Waals surface area contributed by atoms with Crippen LogP contribution in [0.25, 0.3) is 0 Å². The summed E-state index contributed by atoms with van der Waals surface area (Å²) in [6.45, 7) is 5.81. The van der Waals surface area contributed by atoms with Gasteiger partial charge in [0.15, 0.2) is 0 Å². The molecular formula is C16H30N2O4. The van der Waals surface area contributed by atoms with Crippen molar-refractivity contribution in [1.82, 2.24) is 5.32 Å². The molecule has 1 fully saturated rings. The van der Waals surface area contributed by atoms with Gasteiger partial charge in [0.1, 0.15) is 11.1 Å². The van der Waals surface area contributed by atoms with Crippen LogP contribution in [0, 0.1) is 5.92 Å². The van der Waals surface area contributed by atoms with E-state index in [1.807, 2.05) is 0 Å². The zero-order chi connectivity index (χ0) is 16.8. The number of amides is 1. The second kappa shape index (κ2) is 7.81. The van der Waals surface area contributed by atoms with Gasteiger partial charge in [0.05, 0.1) is 0 Å². The van der Waals surface area contributed by atoms with Crippen LogP contribution in [0.15, 0.2) is 0 Å². The minimum absolute atomic E-state index is 0.0460. The van der Waals surface area contributed by atoms with Crippen LogP contribution in [0.1, 0.15) is 65.7 Å². The molecule has 0 heterocycles. The first-order chi connectivity index (χ1) is 10.2. The Balaban J connectivity index is 2.91.